The van der Waals surface area contributed by atoms with E-state index in [0.717, 1.165) is 12.8 Å². The SMILES string of the molecule is CC(C)C(=O)OC12CCCC(CC(=O)O1)C2. The van der Waals surface area contributed by atoms with Crippen LogP contribution in [-0.2, 0) is 19.1 Å². The van der Waals surface area contributed by atoms with E-state index in [1.165, 1.54) is 0 Å². The van der Waals surface area contributed by atoms with Crippen molar-refractivity contribution in [1.82, 2.24) is 0 Å². The van der Waals surface area contributed by atoms with Gasteiger partial charge in [0.25, 0.3) is 5.79 Å². The van der Waals surface area contributed by atoms with Gasteiger partial charge in [0.05, 0.1) is 5.92 Å². The molecule has 0 radical (unpaired) electrons. The Balaban J connectivity index is 2.09. The van der Waals surface area contributed by atoms with Crippen molar-refractivity contribution in [3.63, 3.8) is 0 Å². The molecule has 0 aromatic rings. The predicted octanol–water partition coefficient (Wildman–Crippen LogP) is 2.02. The molecule has 4 nitrogen and oxygen atoms in total. The molecule has 0 amide bonds. The van der Waals surface area contributed by atoms with Gasteiger partial charge in [-0.3, -0.25) is 9.59 Å². The summed E-state index contributed by atoms with van der Waals surface area (Å²) >= 11 is 0. The molecule has 2 unspecified atom stereocenters. The van der Waals surface area contributed by atoms with Crippen molar-refractivity contribution in [2.75, 3.05) is 0 Å². The van der Waals surface area contributed by atoms with Crippen LogP contribution < -0.4 is 0 Å². The molecule has 16 heavy (non-hydrogen) atoms. The molecule has 2 aliphatic rings. The minimum absolute atomic E-state index is 0.185. The topological polar surface area (TPSA) is 52.6 Å². The minimum Gasteiger partial charge on any atom is -0.422 e. The summed E-state index contributed by atoms with van der Waals surface area (Å²) in [7, 11) is 0. The van der Waals surface area contributed by atoms with E-state index in [4.69, 9.17) is 9.47 Å². The van der Waals surface area contributed by atoms with Gasteiger partial charge < -0.3 is 9.47 Å². The van der Waals surface area contributed by atoms with Crippen molar-refractivity contribution >= 4 is 11.9 Å². The lowest BCUT2D eigenvalue weighted by atomic mass is 9.80. The Labute approximate surface area is 95.3 Å². The lowest BCUT2D eigenvalue weighted by Crippen LogP contribution is -2.48. The molecule has 0 N–H and O–H groups in total. The molecule has 1 saturated heterocycles. The van der Waals surface area contributed by atoms with Crippen LogP contribution in [-0.4, -0.2) is 17.7 Å². The van der Waals surface area contributed by atoms with Crippen molar-refractivity contribution < 1.29 is 19.1 Å². The largest absolute Gasteiger partial charge is 0.422 e. The van der Waals surface area contributed by atoms with E-state index in [1.54, 1.807) is 13.8 Å². The molecule has 2 atom stereocenters. The second kappa shape index (κ2) is 4.07. The zero-order valence-electron chi connectivity index (χ0n) is 9.82. The molecule has 1 aliphatic heterocycles. The molecule has 1 heterocycles. The fourth-order valence-electron chi connectivity index (χ4n) is 2.47. The van der Waals surface area contributed by atoms with Gasteiger partial charge in [-0.1, -0.05) is 13.8 Å². The molecule has 90 valence electrons. The maximum atomic E-state index is 11.6. The summed E-state index contributed by atoms with van der Waals surface area (Å²) in [5.41, 5.74) is 0. The molecule has 0 aromatic heterocycles. The summed E-state index contributed by atoms with van der Waals surface area (Å²) < 4.78 is 10.7. The van der Waals surface area contributed by atoms with Gasteiger partial charge in [0.1, 0.15) is 0 Å². The van der Waals surface area contributed by atoms with Crippen LogP contribution in [0.4, 0.5) is 0 Å². The predicted molar refractivity (Wildman–Crippen MR) is 56.3 cm³/mol. The number of hydrogen-bond donors (Lipinski definition) is 0. The molecule has 4 heteroatoms. The zero-order chi connectivity index (χ0) is 11.8. The van der Waals surface area contributed by atoms with Crippen LogP contribution in [0, 0.1) is 11.8 Å². The van der Waals surface area contributed by atoms with Gasteiger partial charge in [-0.05, 0) is 18.8 Å². The number of fused-ring (bicyclic) bond motifs is 2. The maximum absolute atomic E-state index is 11.6. The normalized spacial score (nSPS) is 33.4. The Bertz CT molecular complexity index is 310. The van der Waals surface area contributed by atoms with Crippen molar-refractivity contribution in [1.29, 1.82) is 0 Å². The highest BCUT2D eigenvalue weighted by molar-refractivity contribution is 5.74. The number of carbonyl (C=O) groups excluding carboxylic acids is 2. The third-order valence-corrected chi connectivity index (χ3v) is 3.28. The molecular weight excluding hydrogens is 208 g/mol. The summed E-state index contributed by atoms with van der Waals surface area (Å²) in [6.45, 7) is 3.56. The summed E-state index contributed by atoms with van der Waals surface area (Å²) in [6, 6.07) is 0. The Hall–Kier alpha value is -1.06. The summed E-state index contributed by atoms with van der Waals surface area (Å²) in [6.07, 6.45) is 3.80. The van der Waals surface area contributed by atoms with E-state index in [9.17, 15) is 9.59 Å². The molecule has 2 fully saturated rings. The van der Waals surface area contributed by atoms with Crippen molar-refractivity contribution in [3.05, 3.63) is 0 Å². The van der Waals surface area contributed by atoms with Crippen LogP contribution in [0.1, 0.15) is 46.0 Å². The van der Waals surface area contributed by atoms with Crippen molar-refractivity contribution in [2.24, 2.45) is 11.8 Å². The summed E-state index contributed by atoms with van der Waals surface area (Å²) in [5, 5.41) is 0. The molecule has 0 aromatic carbocycles. The van der Waals surface area contributed by atoms with E-state index < -0.39 is 5.79 Å². The summed E-state index contributed by atoms with van der Waals surface area (Å²) in [4.78, 5) is 23.0. The minimum atomic E-state index is -0.945. The standard InChI is InChI=1S/C12H18O4/c1-8(2)11(14)16-12-5-3-4-9(7-12)6-10(13)15-12/h8-9H,3-7H2,1-2H3. The Morgan fingerprint density at radius 3 is 3.00 bits per heavy atom. The van der Waals surface area contributed by atoms with Crippen LogP contribution >= 0.6 is 0 Å². The van der Waals surface area contributed by atoms with E-state index in [1.807, 2.05) is 0 Å². The first kappa shape index (κ1) is 11.4. The van der Waals surface area contributed by atoms with Crippen LogP contribution in [0.3, 0.4) is 0 Å². The van der Waals surface area contributed by atoms with Gasteiger partial charge in [0, 0.05) is 19.3 Å². The quantitative estimate of drug-likeness (QED) is 0.676. The van der Waals surface area contributed by atoms with Gasteiger partial charge in [-0.2, -0.15) is 0 Å². The zero-order valence-corrected chi connectivity index (χ0v) is 9.82. The lowest BCUT2D eigenvalue weighted by Gasteiger charge is -2.43. The van der Waals surface area contributed by atoms with Crippen LogP contribution in [0.15, 0.2) is 0 Å². The van der Waals surface area contributed by atoms with E-state index >= 15 is 0 Å². The van der Waals surface area contributed by atoms with Gasteiger partial charge in [-0.25, -0.2) is 0 Å². The average Bonchev–Trinajstić information content (AvgIpc) is 2.15. The van der Waals surface area contributed by atoms with Crippen molar-refractivity contribution in [2.45, 2.75) is 51.7 Å². The molecule has 0 spiro atoms. The number of esters is 2. The third kappa shape index (κ3) is 2.20. The molecular formula is C12H18O4. The first-order chi connectivity index (χ1) is 7.51. The van der Waals surface area contributed by atoms with Crippen LogP contribution in [0.2, 0.25) is 0 Å². The number of hydrogen-bond acceptors (Lipinski definition) is 4. The second-order valence-electron chi connectivity index (χ2n) is 5.13. The maximum Gasteiger partial charge on any atom is 0.311 e. The van der Waals surface area contributed by atoms with E-state index in [-0.39, 0.29) is 17.9 Å². The van der Waals surface area contributed by atoms with Gasteiger partial charge in [-0.15, -0.1) is 0 Å². The highest BCUT2D eigenvalue weighted by atomic mass is 16.7. The van der Waals surface area contributed by atoms with E-state index in [2.05, 4.69) is 0 Å². The van der Waals surface area contributed by atoms with Crippen LogP contribution in [0.5, 0.6) is 0 Å². The average molecular weight is 226 g/mol. The summed E-state index contributed by atoms with van der Waals surface area (Å²) in [5.74, 6) is -1.31. The molecule has 2 rings (SSSR count). The number of ether oxygens (including phenoxy) is 2. The smallest absolute Gasteiger partial charge is 0.311 e. The van der Waals surface area contributed by atoms with Crippen molar-refractivity contribution in [3.8, 4) is 0 Å². The number of rotatable bonds is 2. The first-order valence-corrected chi connectivity index (χ1v) is 5.95. The van der Waals surface area contributed by atoms with Gasteiger partial charge in [0.15, 0.2) is 0 Å². The third-order valence-electron chi connectivity index (χ3n) is 3.28. The van der Waals surface area contributed by atoms with Gasteiger partial charge in [0.2, 0.25) is 0 Å². The Morgan fingerprint density at radius 1 is 1.56 bits per heavy atom. The number of carbonyl (C=O) groups is 2. The highest BCUT2D eigenvalue weighted by Crippen LogP contribution is 2.42. The Kier molecular flexibility index (Phi) is 2.91. The fourth-order valence-corrected chi connectivity index (χ4v) is 2.47. The first-order valence-electron chi connectivity index (χ1n) is 5.95. The fraction of sp³-hybridized carbons (Fsp3) is 0.833. The Morgan fingerprint density at radius 2 is 2.31 bits per heavy atom. The lowest BCUT2D eigenvalue weighted by molar-refractivity contribution is -0.257. The van der Waals surface area contributed by atoms with E-state index in [0.29, 0.717) is 25.2 Å². The van der Waals surface area contributed by atoms with Crippen LogP contribution in [0.25, 0.3) is 0 Å². The molecule has 2 bridgehead atoms. The van der Waals surface area contributed by atoms with Gasteiger partial charge >= 0.3 is 11.9 Å². The highest BCUT2D eigenvalue weighted by Gasteiger charge is 2.47. The monoisotopic (exact) mass is 226 g/mol. The molecule has 1 saturated carbocycles. The second-order valence-corrected chi connectivity index (χ2v) is 5.13. The molecule has 1 aliphatic carbocycles.